The molecular formula is C11H23NO. The van der Waals surface area contributed by atoms with E-state index >= 15 is 0 Å². The molecule has 1 fully saturated rings. The molecule has 2 nitrogen and oxygen atoms in total. The smallest absolute Gasteiger partial charge is 0.0689 e. The molecule has 1 unspecified atom stereocenters. The molecule has 0 heterocycles. The summed E-state index contributed by atoms with van der Waals surface area (Å²) in [7, 11) is 0. The molecular weight excluding hydrogens is 162 g/mol. The maximum Gasteiger partial charge on any atom is 0.0689 e. The van der Waals surface area contributed by atoms with Crippen LogP contribution in [-0.4, -0.2) is 35.7 Å². The predicted octanol–water partition coefficient (Wildman–Crippen LogP) is 1.74. The van der Waals surface area contributed by atoms with Gasteiger partial charge in [-0.15, -0.1) is 0 Å². The zero-order chi connectivity index (χ0) is 9.84. The topological polar surface area (TPSA) is 23.5 Å². The molecule has 1 rings (SSSR count). The second-order valence-corrected chi connectivity index (χ2v) is 4.61. The van der Waals surface area contributed by atoms with Gasteiger partial charge in [0.1, 0.15) is 0 Å². The van der Waals surface area contributed by atoms with Crippen molar-refractivity contribution in [3.8, 4) is 0 Å². The number of hydrogen-bond acceptors (Lipinski definition) is 2. The van der Waals surface area contributed by atoms with E-state index in [1.165, 1.54) is 19.4 Å². The van der Waals surface area contributed by atoms with E-state index in [0.717, 1.165) is 19.0 Å². The van der Waals surface area contributed by atoms with Crippen LogP contribution in [0.3, 0.4) is 0 Å². The molecule has 0 amide bonds. The van der Waals surface area contributed by atoms with Crippen LogP contribution in [0.1, 0.15) is 33.6 Å². The van der Waals surface area contributed by atoms with Gasteiger partial charge in [-0.1, -0.05) is 20.8 Å². The van der Waals surface area contributed by atoms with Crippen molar-refractivity contribution in [2.24, 2.45) is 11.8 Å². The van der Waals surface area contributed by atoms with E-state index in [1.807, 2.05) is 0 Å². The van der Waals surface area contributed by atoms with Gasteiger partial charge in [-0.05, 0) is 31.2 Å². The van der Waals surface area contributed by atoms with Gasteiger partial charge in [0.2, 0.25) is 0 Å². The van der Waals surface area contributed by atoms with Gasteiger partial charge >= 0.3 is 0 Å². The average molecular weight is 185 g/mol. The summed E-state index contributed by atoms with van der Waals surface area (Å²) in [5.74, 6) is 1.31. The molecule has 2 heteroatoms. The first-order chi connectivity index (χ1) is 6.13. The second kappa shape index (κ2) is 4.97. The highest BCUT2D eigenvalue weighted by molar-refractivity contribution is 4.78. The van der Waals surface area contributed by atoms with Gasteiger partial charge in [-0.3, -0.25) is 0 Å². The fourth-order valence-corrected chi connectivity index (χ4v) is 1.47. The van der Waals surface area contributed by atoms with Crippen molar-refractivity contribution in [3.05, 3.63) is 0 Å². The molecule has 1 atom stereocenters. The highest BCUT2D eigenvalue weighted by Crippen LogP contribution is 2.29. The van der Waals surface area contributed by atoms with Crippen molar-refractivity contribution >= 4 is 0 Å². The zero-order valence-electron chi connectivity index (χ0n) is 9.16. The zero-order valence-corrected chi connectivity index (χ0v) is 9.16. The summed E-state index contributed by atoms with van der Waals surface area (Å²) < 4.78 is 0. The molecule has 1 N–H and O–H groups in total. The first kappa shape index (κ1) is 11.0. The molecule has 0 spiro atoms. The molecule has 0 aliphatic heterocycles. The third kappa shape index (κ3) is 4.10. The second-order valence-electron chi connectivity index (χ2n) is 4.61. The van der Waals surface area contributed by atoms with Crippen LogP contribution in [0.4, 0.5) is 0 Å². The Bertz CT molecular complexity index is 143. The van der Waals surface area contributed by atoms with Crippen molar-refractivity contribution in [1.29, 1.82) is 0 Å². The lowest BCUT2D eigenvalue weighted by atomic mass is 10.1. The minimum Gasteiger partial charge on any atom is -0.392 e. The average Bonchev–Trinajstić information content (AvgIpc) is 2.86. The molecule has 0 aromatic rings. The minimum absolute atomic E-state index is 0.154. The molecule has 1 aliphatic carbocycles. The first-order valence-electron chi connectivity index (χ1n) is 5.54. The molecule has 78 valence electrons. The van der Waals surface area contributed by atoms with Crippen molar-refractivity contribution in [3.63, 3.8) is 0 Å². The lowest BCUT2D eigenvalue weighted by molar-refractivity contribution is 0.0765. The number of rotatable bonds is 6. The molecule has 0 aromatic heterocycles. The van der Waals surface area contributed by atoms with Gasteiger partial charge in [-0.25, -0.2) is 0 Å². The summed E-state index contributed by atoms with van der Waals surface area (Å²) >= 11 is 0. The van der Waals surface area contributed by atoms with Crippen molar-refractivity contribution in [2.45, 2.75) is 39.7 Å². The Kier molecular flexibility index (Phi) is 4.20. The quantitative estimate of drug-likeness (QED) is 0.681. The van der Waals surface area contributed by atoms with E-state index in [1.54, 1.807) is 0 Å². The van der Waals surface area contributed by atoms with Gasteiger partial charge in [0.25, 0.3) is 0 Å². The number of nitrogens with zero attached hydrogens (tertiary/aromatic N) is 1. The van der Waals surface area contributed by atoms with Crippen LogP contribution < -0.4 is 0 Å². The normalized spacial score (nSPS) is 19.8. The monoisotopic (exact) mass is 185 g/mol. The van der Waals surface area contributed by atoms with Crippen LogP contribution in [-0.2, 0) is 0 Å². The standard InChI is InChI=1S/C11H23NO/c1-4-12(7-10-5-6-10)8-11(13)9(2)3/h9-11,13H,4-8H2,1-3H3. The van der Waals surface area contributed by atoms with Gasteiger partial charge in [0, 0.05) is 13.1 Å². The van der Waals surface area contributed by atoms with Crippen LogP contribution in [0, 0.1) is 11.8 Å². The van der Waals surface area contributed by atoms with Crippen molar-refractivity contribution in [1.82, 2.24) is 4.90 Å². The molecule has 0 radical (unpaired) electrons. The SMILES string of the molecule is CCN(CC1CC1)CC(O)C(C)C. The largest absolute Gasteiger partial charge is 0.392 e. The molecule has 0 aromatic carbocycles. The van der Waals surface area contributed by atoms with Crippen LogP contribution in [0.5, 0.6) is 0 Å². The van der Waals surface area contributed by atoms with Crippen molar-refractivity contribution in [2.75, 3.05) is 19.6 Å². The molecule has 0 bridgehead atoms. The fraction of sp³-hybridized carbons (Fsp3) is 1.00. The van der Waals surface area contributed by atoms with E-state index in [9.17, 15) is 5.11 Å². The van der Waals surface area contributed by atoms with E-state index in [-0.39, 0.29) is 6.10 Å². The number of aliphatic hydroxyl groups is 1. The minimum atomic E-state index is -0.154. The van der Waals surface area contributed by atoms with Crippen molar-refractivity contribution < 1.29 is 5.11 Å². The predicted molar refractivity (Wildman–Crippen MR) is 55.7 cm³/mol. The van der Waals surface area contributed by atoms with E-state index in [4.69, 9.17) is 0 Å². The first-order valence-corrected chi connectivity index (χ1v) is 5.54. The third-order valence-corrected chi connectivity index (χ3v) is 2.88. The van der Waals surface area contributed by atoms with Crippen LogP contribution in [0.25, 0.3) is 0 Å². The van der Waals surface area contributed by atoms with Gasteiger partial charge in [0.05, 0.1) is 6.10 Å². The Morgan fingerprint density at radius 1 is 1.38 bits per heavy atom. The molecule has 0 saturated heterocycles. The summed E-state index contributed by atoms with van der Waals surface area (Å²) in [6.45, 7) is 9.45. The maximum absolute atomic E-state index is 9.72. The number of hydrogen-bond donors (Lipinski definition) is 1. The van der Waals surface area contributed by atoms with E-state index in [0.29, 0.717) is 5.92 Å². The Morgan fingerprint density at radius 3 is 2.38 bits per heavy atom. The summed E-state index contributed by atoms with van der Waals surface area (Å²) in [4.78, 5) is 2.38. The number of aliphatic hydroxyl groups excluding tert-OH is 1. The summed E-state index contributed by atoms with van der Waals surface area (Å²) in [5.41, 5.74) is 0. The Labute approximate surface area is 81.9 Å². The Morgan fingerprint density at radius 2 is 2.00 bits per heavy atom. The highest BCUT2D eigenvalue weighted by Gasteiger charge is 2.24. The molecule has 13 heavy (non-hydrogen) atoms. The summed E-state index contributed by atoms with van der Waals surface area (Å²) in [5, 5.41) is 9.72. The lowest BCUT2D eigenvalue weighted by Gasteiger charge is -2.25. The Balaban J connectivity index is 2.20. The van der Waals surface area contributed by atoms with Crippen LogP contribution in [0.15, 0.2) is 0 Å². The fourth-order valence-electron chi connectivity index (χ4n) is 1.47. The van der Waals surface area contributed by atoms with Gasteiger partial charge in [0.15, 0.2) is 0 Å². The molecule has 1 aliphatic rings. The number of likely N-dealkylation sites (N-methyl/N-ethyl adjacent to an activating group) is 1. The van der Waals surface area contributed by atoms with Crippen LogP contribution >= 0.6 is 0 Å². The van der Waals surface area contributed by atoms with E-state index < -0.39 is 0 Å². The molecule has 1 saturated carbocycles. The van der Waals surface area contributed by atoms with E-state index in [2.05, 4.69) is 25.7 Å². The summed E-state index contributed by atoms with van der Waals surface area (Å²) in [6, 6.07) is 0. The van der Waals surface area contributed by atoms with Gasteiger partial charge in [-0.2, -0.15) is 0 Å². The maximum atomic E-state index is 9.72. The highest BCUT2D eigenvalue weighted by atomic mass is 16.3. The third-order valence-electron chi connectivity index (χ3n) is 2.88. The Hall–Kier alpha value is -0.0800. The van der Waals surface area contributed by atoms with Crippen LogP contribution in [0.2, 0.25) is 0 Å². The summed E-state index contributed by atoms with van der Waals surface area (Å²) in [6.07, 6.45) is 2.64. The lowest BCUT2D eigenvalue weighted by Crippen LogP contribution is -2.36. The van der Waals surface area contributed by atoms with Gasteiger partial charge < -0.3 is 10.0 Å².